The van der Waals surface area contributed by atoms with E-state index in [2.05, 4.69) is 22.9 Å². The van der Waals surface area contributed by atoms with Crippen molar-refractivity contribution in [2.24, 2.45) is 0 Å². The van der Waals surface area contributed by atoms with Gasteiger partial charge in [0, 0.05) is 25.2 Å². The van der Waals surface area contributed by atoms with Crippen LogP contribution < -0.4 is 0 Å². The zero-order valence-electron chi connectivity index (χ0n) is 9.66. The third kappa shape index (κ3) is 2.06. The van der Waals surface area contributed by atoms with Crippen LogP contribution in [0.3, 0.4) is 0 Å². The standard InChI is InChI=1S/C12H15N3S/c1-3-15-5-4-11-10(8-15)6-9(7-13)12(14-11)16-2/h6H,3-5,8H2,1-2H3. The first-order chi connectivity index (χ1) is 7.78. The van der Waals surface area contributed by atoms with Gasteiger partial charge in [-0.1, -0.05) is 6.92 Å². The van der Waals surface area contributed by atoms with E-state index < -0.39 is 0 Å². The summed E-state index contributed by atoms with van der Waals surface area (Å²) in [5.41, 5.74) is 3.11. The molecule has 1 aliphatic heterocycles. The predicted molar refractivity (Wildman–Crippen MR) is 65.4 cm³/mol. The second-order valence-electron chi connectivity index (χ2n) is 3.88. The van der Waals surface area contributed by atoms with Gasteiger partial charge in [-0.05, 0) is 24.4 Å². The Morgan fingerprint density at radius 3 is 3.06 bits per heavy atom. The van der Waals surface area contributed by atoms with Gasteiger partial charge >= 0.3 is 0 Å². The Hall–Kier alpha value is -1.05. The van der Waals surface area contributed by atoms with Gasteiger partial charge in [0.1, 0.15) is 11.1 Å². The van der Waals surface area contributed by atoms with Crippen LogP contribution in [0.5, 0.6) is 0 Å². The number of hydrogen-bond donors (Lipinski definition) is 0. The summed E-state index contributed by atoms with van der Waals surface area (Å²) in [7, 11) is 0. The molecular weight excluding hydrogens is 218 g/mol. The zero-order valence-corrected chi connectivity index (χ0v) is 10.5. The highest BCUT2D eigenvalue weighted by Gasteiger charge is 2.18. The van der Waals surface area contributed by atoms with E-state index in [4.69, 9.17) is 5.26 Å². The lowest BCUT2D eigenvalue weighted by molar-refractivity contribution is 0.265. The molecule has 0 N–H and O–H groups in total. The molecule has 0 aliphatic carbocycles. The molecule has 0 saturated carbocycles. The second kappa shape index (κ2) is 4.86. The minimum Gasteiger partial charge on any atom is -0.299 e. The van der Waals surface area contributed by atoms with E-state index in [1.165, 1.54) is 11.3 Å². The maximum Gasteiger partial charge on any atom is 0.114 e. The van der Waals surface area contributed by atoms with E-state index in [9.17, 15) is 0 Å². The Morgan fingerprint density at radius 1 is 1.62 bits per heavy atom. The van der Waals surface area contributed by atoms with Crippen molar-refractivity contribution in [1.29, 1.82) is 5.26 Å². The Bertz CT molecular complexity index is 437. The maximum atomic E-state index is 9.06. The lowest BCUT2D eigenvalue weighted by Gasteiger charge is -2.27. The highest BCUT2D eigenvalue weighted by Crippen LogP contribution is 2.24. The molecule has 84 valence electrons. The van der Waals surface area contributed by atoms with E-state index >= 15 is 0 Å². The van der Waals surface area contributed by atoms with Gasteiger partial charge in [-0.2, -0.15) is 5.26 Å². The number of fused-ring (bicyclic) bond motifs is 1. The zero-order chi connectivity index (χ0) is 11.5. The molecule has 1 aliphatic rings. The molecule has 0 atom stereocenters. The van der Waals surface area contributed by atoms with Gasteiger partial charge in [0.05, 0.1) is 5.56 Å². The predicted octanol–water partition coefficient (Wildman–Crippen LogP) is 2.05. The third-order valence-corrected chi connectivity index (χ3v) is 3.67. The normalized spacial score (nSPS) is 15.6. The largest absolute Gasteiger partial charge is 0.299 e. The molecule has 1 aromatic heterocycles. The van der Waals surface area contributed by atoms with Gasteiger partial charge in [-0.3, -0.25) is 4.90 Å². The topological polar surface area (TPSA) is 39.9 Å². The first-order valence-corrected chi connectivity index (χ1v) is 6.70. The summed E-state index contributed by atoms with van der Waals surface area (Å²) in [5, 5.41) is 9.92. The van der Waals surface area contributed by atoms with Gasteiger partial charge in [-0.25, -0.2) is 4.98 Å². The summed E-state index contributed by atoms with van der Waals surface area (Å²) >= 11 is 1.55. The SMILES string of the molecule is CCN1CCc2nc(SC)c(C#N)cc2C1. The smallest absolute Gasteiger partial charge is 0.114 e. The van der Waals surface area contributed by atoms with Crippen LogP contribution in [0.1, 0.15) is 23.7 Å². The monoisotopic (exact) mass is 233 g/mol. The van der Waals surface area contributed by atoms with Crippen LogP contribution in [-0.2, 0) is 13.0 Å². The van der Waals surface area contributed by atoms with Gasteiger partial charge in [0.25, 0.3) is 0 Å². The van der Waals surface area contributed by atoms with Crippen LogP contribution in [0.4, 0.5) is 0 Å². The van der Waals surface area contributed by atoms with E-state index in [1.54, 1.807) is 11.8 Å². The summed E-state index contributed by atoms with van der Waals surface area (Å²) in [5.74, 6) is 0. The number of pyridine rings is 1. The molecule has 0 fully saturated rings. The number of nitriles is 1. The molecule has 0 amide bonds. The van der Waals surface area contributed by atoms with Crippen LogP contribution in [0.25, 0.3) is 0 Å². The van der Waals surface area contributed by atoms with Crippen molar-refractivity contribution in [2.75, 3.05) is 19.3 Å². The fourth-order valence-corrected chi connectivity index (χ4v) is 2.54. The van der Waals surface area contributed by atoms with Crippen molar-refractivity contribution < 1.29 is 0 Å². The van der Waals surface area contributed by atoms with E-state index in [1.807, 2.05) is 12.3 Å². The Labute approximate surface area is 100 Å². The highest BCUT2D eigenvalue weighted by atomic mass is 32.2. The number of nitrogens with zero attached hydrogens (tertiary/aromatic N) is 3. The molecule has 0 unspecified atom stereocenters. The molecule has 0 spiro atoms. The molecule has 0 radical (unpaired) electrons. The van der Waals surface area contributed by atoms with Crippen molar-refractivity contribution in [2.45, 2.75) is 24.9 Å². The number of aromatic nitrogens is 1. The van der Waals surface area contributed by atoms with Crippen molar-refractivity contribution in [1.82, 2.24) is 9.88 Å². The van der Waals surface area contributed by atoms with Crippen molar-refractivity contribution in [3.63, 3.8) is 0 Å². The number of likely N-dealkylation sites (N-methyl/N-ethyl adjacent to an activating group) is 1. The Morgan fingerprint density at radius 2 is 2.44 bits per heavy atom. The Kier molecular flexibility index (Phi) is 3.47. The van der Waals surface area contributed by atoms with Crippen LogP contribution >= 0.6 is 11.8 Å². The molecule has 3 nitrogen and oxygen atoms in total. The lowest BCUT2D eigenvalue weighted by Crippen LogP contribution is -2.31. The number of thioether (sulfide) groups is 1. The second-order valence-corrected chi connectivity index (χ2v) is 4.68. The molecule has 1 aromatic rings. The summed E-state index contributed by atoms with van der Waals surface area (Å²) in [6.45, 7) is 5.24. The number of rotatable bonds is 2. The van der Waals surface area contributed by atoms with Crippen molar-refractivity contribution >= 4 is 11.8 Å². The third-order valence-electron chi connectivity index (χ3n) is 2.98. The maximum absolute atomic E-state index is 9.06. The van der Waals surface area contributed by atoms with Gasteiger partial charge in [0.15, 0.2) is 0 Å². The molecular formula is C12H15N3S. The Balaban J connectivity index is 2.39. The lowest BCUT2D eigenvalue weighted by atomic mass is 10.0. The van der Waals surface area contributed by atoms with Crippen LogP contribution in [0.15, 0.2) is 11.1 Å². The molecule has 4 heteroatoms. The van der Waals surface area contributed by atoms with Crippen LogP contribution in [0, 0.1) is 11.3 Å². The summed E-state index contributed by atoms with van der Waals surface area (Å²) in [6, 6.07) is 4.24. The minimum atomic E-state index is 0.712. The molecule has 16 heavy (non-hydrogen) atoms. The van der Waals surface area contributed by atoms with Crippen molar-refractivity contribution in [3.05, 3.63) is 22.9 Å². The average molecular weight is 233 g/mol. The summed E-state index contributed by atoms with van der Waals surface area (Å²) in [6.07, 6.45) is 2.97. The highest BCUT2D eigenvalue weighted by molar-refractivity contribution is 7.98. The molecule has 2 rings (SSSR count). The van der Waals surface area contributed by atoms with Gasteiger partial charge in [0.2, 0.25) is 0 Å². The fraction of sp³-hybridized carbons (Fsp3) is 0.500. The van der Waals surface area contributed by atoms with E-state index in [0.29, 0.717) is 5.56 Å². The van der Waals surface area contributed by atoms with Crippen LogP contribution in [-0.4, -0.2) is 29.2 Å². The van der Waals surface area contributed by atoms with E-state index in [0.717, 1.165) is 31.1 Å². The number of hydrogen-bond acceptors (Lipinski definition) is 4. The molecule has 0 bridgehead atoms. The summed E-state index contributed by atoms with van der Waals surface area (Å²) < 4.78 is 0. The van der Waals surface area contributed by atoms with E-state index in [-0.39, 0.29) is 0 Å². The molecule has 2 heterocycles. The van der Waals surface area contributed by atoms with Crippen molar-refractivity contribution in [3.8, 4) is 6.07 Å². The first-order valence-electron chi connectivity index (χ1n) is 5.47. The molecule has 0 saturated heterocycles. The first kappa shape index (κ1) is 11.4. The quantitative estimate of drug-likeness (QED) is 0.733. The molecule has 0 aromatic carbocycles. The van der Waals surface area contributed by atoms with Gasteiger partial charge < -0.3 is 0 Å². The van der Waals surface area contributed by atoms with Crippen LogP contribution in [0.2, 0.25) is 0 Å². The fourth-order valence-electron chi connectivity index (χ4n) is 2.02. The van der Waals surface area contributed by atoms with Gasteiger partial charge in [-0.15, -0.1) is 11.8 Å². The minimum absolute atomic E-state index is 0.712. The summed E-state index contributed by atoms with van der Waals surface area (Å²) in [4.78, 5) is 6.96. The average Bonchev–Trinajstić information content (AvgIpc) is 2.36.